The lowest BCUT2D eigenvalue weighted by molar-refractivity contribution is 0.0766. The van der Waals surface area contributed by atoms with Crippen LogP contribution in [0.5, 0.6) is 5.75 Å². The Morgan fingerprint density at radius 2 is 1.88 bits per heavy atom. The highest BCUT2D eigenvalue weighted by Gasteiger charge is 2.17. The summed E-state index contributed by atoms with van der Waals surface area (Å²) in [6.07, 6.45) is 0.996. The van der Waals surface area contributed by atoms with Crippen molar-refractivity contribution in [2.75, 3.05) is 26.2 Å². The van der Waals surface area contributed by atoms with E-state index in [1.54, 1.807) is 0 Å². The smallest absolute Gasteiger partial charge is 0.254 e. The number of nitrogens with one attached hydrogen (secondary N) is 1. The molecule has 1 N–H and O–H groups in total. The van der Waals surface area contributed by atoms with E-state index in [0.29, 0.717) is 12.2 Å². The highest BCUT2D eigenvalue weighted by atomic mass is 35.5. The lowest BCUT2D eigenvalue weighted by atomic mass is 10.2. The summed E-state index contributed by atoms with van der Waals surface area (Å²) in [5.74, 6) is 0.812. The van der Waals surface area contributed by atoms with E-state index in [9.17, 15) is 4.79 Å². The summed E-state index contributed by atoms with van der Waals surface area (Å²) < 4.78 is 5.81. The quantitative estimate of drug-likeness (QED) is 0.924. The second kappa shape index (κ2) is 9.30. The predicted octanol–water partition coefficient (Wildman–Crippen LogP) is 3.12. The van der Waals surface area contributed by atoms with E-state index in [4.69, 9.17) is 4.74 Å². The van der Waals surface area contributed by atoms with Crippen molar-refractivity contribution < 1.29 is 9.53 Å². The Balaban J connectivity index is 0.00000208. The fraction of sp³-hybridized carbons (Fsp3) is 0.316. The number of halogens is 1. The summed E-state index contributed by atoms with van der Waals surface area (Å²) >= 11 is 0. The van der Waals surface area contributed by atoms with E-state index in [2.05, 4.69) is 5.32 Å². The van der Waals surface area contributed by atoms with Crippen LogP contribution in [0.25, 0.3) is 0 Å². The highest BCUT2D eigenvalue weighted by Crippen LogP contribution is 2.17. The maximum absolute atomic E-state index is 12.6. The Morgan fingerprint density at radius 3 is 2.71 bits per heavy atom. The topological polar surface area (TPSA) is 41.6 Å². The van der Waals surface area contributed by atoms with E-state index in [1.807, 2.05) is 59.5 Å². The molecule has 0 bridgehead atoms. The van der Waals surface area contributed by atoms with Crippen LogP contribution in [-0.2, 0) is 6.61 Å². The minimum atomic E-state index is 0. The van der Waals surface area contributed by atoms with Gasteiger partial charge in [-0.3, -0.25) is 4.79 Å². The molecule has 0 radical (unpaired) electrons. The first-order valence-electron chi connectivity index (χ1n) is 8.10. The van der Waals surface area contributed by atoms with Gasteiger partial charge in [0.15, 0.2) is 0 Å². The largest absolute Gasteiger partial charge is 0.489 e. The Hall–Kier alpha value is -2.04. The van der Waals surface area contributed by atoms with Crippen molar-refractivity contribution in [2.45, 2.75) is 13.0 Å². The van der Waals surface area contributed by atoms with Gasteiger partial charge in [-0.2, -0.15) is 0 Å². The number of rotatable bonds is 4. The molecule has 5 heteroatoms. The SMILES string of the molecule is Cl.O=C(c1cccc(OCc2ccccc2)c1)N1CCCNCC1. The second-order valence-corrected chi connectivity index (χ2v) is 5.70. The van der Waals surface area contributed by atoms with Gasteiger partial charge < -0.3 is 15.0 Å². The van der Waals surface area contributed by atoms with E-state index in [-0.39, 0.29) is 18.3 Å². The molecule has 0 atom stereocenters. The van der Waals surface area contributed by atoms with Crippen molar-refractivity contribution in [3.63, 3.8) is 0 Å². The van der Waals surface area contributed by atoms with Crippen LogP contribution in [0.15, 0.2) is 54.6 Å². The maximum atomic E-state index is 12.6. The van der Waals surface area contributed by atoms with Crippen LogP contribution in [-0.4, -0.2) is 37.0 Å². The molecule has 1 heterocycles. The van der Waals surface area contributed by atoms with Crippen LogP contribution in [0, 0.1) is 0 Å². The maximum Gasteiger partial charge on any atom is 0.254 e. The molecular formula is C19H23ClN2O2. The van der Waals surface area contributed by atoms with Gasteiger partial charge in [0, 0.05) is 25.2 Å². The molecule has 1 fully saturated rings. The van der Waals surface area contributed by atoms with Crippen LogP contribution >= 0.6 is 12.4 Å². The molecule has 0 unspecified atom stereocenters. The third-order valence-electron chi connectivity index (χ3n) is 3.96. The van der Waals surface area contributed by atoms with Crippen molar-refractivity contribution >= 4 is 18.3 Å². The van der Waals surface area contributed by atoms with Crippen molar-refractivity contribution in [1.82, 2.24) is 10.2 Å². The average Bonchev–Trinajstić information content (AvgIpc) is 2.90. The molecular weight excluding hydrogens is 324 g/mol. The first kappa shape index (κ1) is 18.3. The predicted molar refractivity (Wildman–Crippen MR) is 97.9 cm³/mol. The molecule has 0 aliphatic carbocycles. The van der Waals surface area contributed by atoms with Gasteiger partial charge in [0.2, 0.25) is 0 Å². The summed E-state index contributed by atoms with van der Waals surface area (Å²) in [4.78, 5) is 14.5. The van der Waals surface area contributed by atoms with Gasteiger partial charge in [-0.25, -0.2) is 0 Å². The van der Waals surface area contributed by atoms with Crippen molar-refractivity contribution in [1.29, 1.82) is 0 Å². The number of nitrogens with zero attached hydrogens (tertiary/aromatic N) is 1. The van der Waals surface area contributed by atoms with Crippen LogP contribution < -0.4 is 10.1 Å². The first-order valence-corrected chi connectivity index (χ1v) is 8.10. The molecule has 24 heavy (non-hydrogen) atoms. The van der Waals surface area contributed by atoms with E-state index >= 15 is 0 Å². The molecule has 3 rings (SSSR count). The van der Waals surface area contributed by atoms with Gasteiger partial charge in [-0.15, -0.1) is 12.4 Å². The molecule has 4 nitrogen and oxygen atoms in total. The molecule has 1 amide bonds. The zero-order valence-electron chi connectivity index (χ0n) is 13.6. The van der Waals surface area contributed by atoms with Crippen LogP contribution in [0.4, 0.5) is 0 Å². The van der Waals surface area contributed by atoms with Gasteiger partial charge >= 0.3 is 0 Å². The summed E-state index contributed by atoms with van der Waals surface area (Å²) in [7, 11) is 0. The Bertz CT molecular complexity index is 641. The van der Waals surface area contributed by atoms with E-state index in [1.165, 1.54) is 0 Å². The third-order valence-corrected chi connectivity index (χ3v) is 3.96. The fourth-order valence-electron chi connectivity index (χ4n) is 2.69. The number of hydrogen-bond acceptors (Lipinski definition) is 3. The molecule has 0 aromatic heterocycles. The molecule has 128 valence electrons. The fourth-order valence-corrected chi connectivity index (χ4v) is 2.69. The molecule has 2 aromatic carbocycles. The van der Waals surface area contributed by atoms with Gasteiger partial charge in [-0.1, -0.05) is 36.4 Å². The van der Waals surface area contributed by atoms with E-state index < -0.39 is 0 Å². The van der Waals surface area contributed by atoms with Crippen LogP contribution in [0.2, 0.25) is 0 Å². The number of carbonyl (C=O) groups is 1. The van der Waals surface area contributed by atoms with Crippen LogP contribution in [0.3, 0.4) is 0 Å². The summed E-state index contributed by atoms with van der Waals surface area (Å²) in [5, 5.41) is 3.31. The molecule has 1 saturated heterocycles. The Morgan fingerprint density at radius 1 is 1.04 bits per heavy atom. The zero-order valence-corrected chi connectivity index (χ0v) is 14.4. The number of hydrogen-bond donors (Lipinski definition) is 1. The van der Waals surface area contributed by atoms with Crippen molar-refractivity contribution in [2.24, 2.45) is 0 Å². The lowest BCUT2D eigenvalue weighted by Crippen LogP contribution is -2.34. The average molecular weight is 347 g/mol. The molecule has 1 aliphatic heterocycles. The number of carbonyl (C=O) groups excluding carboxylic acids is 1. The zero-order chi connectivity index (χ0) is 15.9. The van der Waals surface area contributed by atoms with Crippen molar-refractivity contribution in [3.8, 4) is 5.75 Å². The minimum Gasteiger partial charge on any atom is -0.489 e. The number of ether oxygens (including phenoxy) is 1. The van der Waals surface area contributed by atoms with Gasteiger partial charge in [0.05, 0.1) is 0 Å². The summed E-state index contributed by atoms with van der Waals surface area (Å²) in [6.45, 7) is 3.90. The number of amides is 1. The Labute approximate surface area is 149 Å². The molecule has 2 aromatic rings. The summed E-state index contributed by atoms with van der Waals surface area (Å²) in [5.41, 5.74) is 1.81. The van der Waals surface area contributed by atoms with Gasteiger partial charge in [0.25, 0.3) is 5.91 Å². The second-order valence-electron chi connectivity index (χ2n) is 5.70. The molecule has 0 saturated carbocycles. The normalized spacial score (nSPS) is 14.4. The minimum absolute atomic E-state index is 0. The number of benzene rings is 2. The van der Waals surface area contributed by atoms with E-state index in [0.717, 1.165) is 43.9 Å². The van der Waals surface area contributed by atoms with Crippen LogP contribution in [0.1, 0.15) is 22.3 Å². The van der Waals surface area contributed by atoms with Crippen molar-refractivity contribution in [3.05, 3.63) is 65.7 Å². The first-order chi connectivity index (χ1) is 11.3. The van der Waals surface area contributed by atoms with Gasteiger partial charge in [0.1, 0.15) is 12.4 Å². The lowest BCUT2D eigenvalue weighted by Gasteiger charge is -2.20. The molecule has 0 spiro atoms. The monoisotopic (exact) mass is 346 g/mol. The standard InChI is InChI=1S/C19H22N2O2.ClH/c22-19(21-12-5-10-20-11-13-21)17-8-4-9-18(14-17)23-15-16-6-2-1-3-7-16;/h1-4,6-9,14,20H,5,10-13,15H2;1H. The summed E-state index contributed by atoms with van der Waals surface area (Å²) in [6, 6.07) is 17.5. The van der Waals surface area contributed by atoms with Gasteiger partial charge in [-0.05, 0) is 36.7 Å². The molecule has 1 aliphatic rings. The third kappa shape index (κ3) is 4.98. The highest BCUT2D eigenvalue weighted by molar-refractivity contribution is 5.94. The Kier molecular flexibility index (Phi) is 7.09.